The topological polar surface area (TPSA) is 98.1 Å². The van der Waals surface area contributed by atoms with Crippen LogP contribution >= 0.6 is 0 Å². The molecule has 16 heavy (non-hydrogen) atoms. The number of hydrogen-bond acceptors (Lipinski definition) is 4. The molecule has 0 saturated heterocycles. The quantitative estimate of drug-likeness (QED) is 0.560. The van der Waals surface area contributed by atoms with E-state index in [0.717, 1.165) is 19.6 Å². The van der Waals surface area contributed by atoms with Crippen LogP contribution in [0.2, 0.25) is 0 Å². The van der Waals surface area contributed by atoms with Gasteiger partial charge in [-0.1, -0.05) is 13.8 Å². The van der Waals surface area contributed by atoms with E-state index in [1.165, 1.54) is 0 Å². The van der Waals surface area contributed by atoms with Gasteiger partial charge in [-0.2, -0.15) is 0 Å². The fourth-order valence-electron chi connectivity index (χ4n) is 0.824. The van der Waals surface area contributed by atoms with Crippen molar-refractivity contribution in [2.75, 3.05) is 26.2 Å². The third kappa shape index (κ3) is 15.1. The molecule has 0 radical (unpaired) electrons. The average Bonchev–Trinajstić information content (AvgIpc) is 2.24. The first kappa shape index (κ1) is 17.0. The van der Waals surface area contributed by atoms with Gasteiger partial charge in [0.15, 0.2) is 0 Å². The third-order valence-electron chi connectivity index (χ3n) is 1.68. The summed E-state index contributed by atoms with van der Waals surface area (Å²) in [7, 11) is 0. The smallest absolute Gasteiger partial charge is 0.328 e. The Hall–Kier alpha value is -1.40. The summed E-state index contributed by atoms with van der Waals surface area (Å²) in [5.74, 6) is -2.51. The first-order valence-corrected chi connectivity index (χ1v) is 4.95. The van der Waals surface area contributed by atoms with E-state index in [-0.39, 0.29) is 6.61 Å². The van der Waals surface area contributed by atoms with Crippen molar-refractivity contribution in [1.29, 1.82) is 0 Å². The predicted octanol–water partition coefficient (Wildman–Crippen LogP) is 0.0323. The number of aliphatic hydroxyl groups excluding tert-OH is 1. The monoisotopic (exact) mass is 233 g/mol. The summed E-state index contributed by atoms with van der Waals surface area (Å²) in [6.45, 7) is 7.36. The lowest BCUT2D eigenvalue weighted by atomic mass is 10.5. The van der Waals surface area contributed by atoms with Crippen LogP contribution in [0.25, 0.3) is 0 Å². The van der Waals surface area contributed by atoms with Gasteiger partial charge < -0.3 is 20.2 Å². The highest BCUT2D eigenvalue weighted by atomic mass is 16.4. The van der Waals surface area contributed by atoms with Gasteiger partial charge in [0.1, 0.15) is 0 Å². The molecule has 0 fully saturated rings. The van der Waals surface area contributed by atoms with Crippen molar-refractivity contribution in [1.82, 2.24) is 4.90 Å². The fraction of sp³-hybridized carbons (Fsp3) is 0.600. The average molecular weight is 233 g/mol. The molecule has 0 heterocycles. The minimum absolute atomic E-state index is 0.279. The van der Waals surface area contributed by atoms with E-state index in [0.29, 0.717) is 12.2 Å². The zero-order chi connectivity index (χ0) is 13.0. The molecule has 0 unspecified atom stereocenters. The molecule has 0 aliphatic heterocycles. The fourth-order valence-corrected chi connectivity index (χ4v) is 0.824. The summed E-state index contributed by atoms with van der Waals surface area (Å²) >= 11 is 0. The summed E-state index contributed by atoms with van der Waals surface area (Å²) in [5, 5.41) is 24.1. The summed E-state index contributed by atoms with van der Waals surface area (Å²) in [6.07, 6.45) is 1.12. The lowest BCUT2D eigenvalue weighted by Gasteiger charge is -2.15. The van der Waals surface area contributed by atoms with Crippen molar-refractivity contribution in [2.24, 2.45) is 0 Å². The van der Waals surface area contributed by atoms with Gasteiger partial charge in [-0.25, -0.2) is 9.59 Å². The lowest BCUT2D eigenvalue weighted by molar-refractivity contribution is -0.134. The maximum absolute atomic E-state index is 9.55. The van der Waals surface area contributed by atoms with Gasteiger partial charge in [-0.05, 0) is 13.1 Å². The number of nitrogens with zero attached hydrogens (tertiary/aromatic N) is 1. The van der Waals surface area contributed by atoms with Crippen molar-refractivity contribution in [3.63, 3.8) is 0 Å². The number of carbonyl (C=O) groups is 2. The summed E-state index contributed by atoms with van der Waals surface area (Å²) in [6, 6.07) is 0. The minimum atomic E-state index is -1.26. The molecule has 0 rings (SSSR count). The molecule has 0 amide bonds. The van der Waals surface area contributed by atoms with Crippen LogP contribution < -0.4 is 0 Å². The van der Waals surface area contributed by atoms with E-state index in [2.05, 4.69) is 18.7 Å². The van der Waals surface area contributed by atoms with Crippen molar-refractivity contribution < 1.29 is 24.9 Å². The van der Waals surface area contributed by atoms with Crippen molar-refractivity contribution in [3.8, 4) is 0 Å². The number of rotatable bonds is 6. The number of likely N-dealkylation sites (N-methyl/N-ethyl adjacent to an activating group) is 1. The van der Waals surface area contributed by atoms with Crippen LogP contribution in [0.1, 0.15) is 13.8 Å². The molecular formula is C10H19NO5. The Morgan fingerprint density at radius 2 is 1.44 bits per heavy atom. The largest absolute Gasteiger partial charge is 0.478 e. The number of hydrogen-bond donors (Lipinski definition) is 3. The standard InChI is InChI=1S/C6H15NO.C4H4O4/c1-3-7(4-2)5-6-8;5-3(6)1-2-4(7)8/h8H,3-6H2,1-2H3;1-2H,(H,5,6)(H,7,8)/b;2-1-. The lowest BCUT2D eigenvalue weighted by Crippen LogP contribution is -2.25. The van der Waals surface area contributed by atoms with E-state index in [1.54, 1.807) is 0 Å². The van der Waals surface area contributed by atoms with Crippen molar-refractivity contribution in [3.05, 3.63) is 12.2 Å². The van der Waals surface area contributed by atoms with Crippen molar-refractivity contribution >= 4 is 11.9 Å². The highest BCUT2D eigenvalue weighted by Crippen LogP contribution is 1.82. The Balaban J connectivity index is 0. The van der Waals surface area contributed by atoms with Gasteiger partial charge in [0.05, 0.1) is 6.61 Å². The molecule has 0 aliphatic rings. The Labute approximate surface area is 94.8 Å². The zero-order valence-corrected chi connectivity index (χ0v) is 9.59. The van der Waals surface area contributed by atoms with Crippen LogP contribution in [-0.2, 0) is 9.59 Å². The molecule has 0 spiro atoms. The van der Waals surface area contributed by atoms with Crippen LogP contribution in [0.15, 0.2) is 12.2 Å². The van der Waals surface area contributed by atoms with Crippen LogP contribution in [0.4, 0.5) is 0 Å². The van der Waals surface area contributed by atoms with Crippen LogP contribution in [-0.4, -0.2) is 58.4 Å². The SMILES string of the molecule is CCN(CC)CCO.O=C(O)/C=C\C(=O)O. The molecule has 6 heteroatoms. The van der Waals surface area contributed by atoms with Crippen LogP contribution in [0, 0.1) is 0 Å². The second-order valence-electron chi connectivity index (χ2n) is 2.76. The molecule has 0 aromatic heterocycles. The molecule has 0 saturated carbocycles. The summed E-state index contributed by atoms with van der Waals surface area (Å²) in [4.78, 5) is 21.3. The van der Waals surface area contributed by atoms with Crippen LogP contribution in [0.5, 0.6) is 0 Å². The number of carboxylic acids is 2. The Bertz CT molecular complexity index is 207. The molecule has 6 nitrogen and oxygen atoms in total. The summed E-state index contributed by atoms with van der Waals surface area (Å²) in [5.41, 5.74) is 0. The van der Waals surface area contributed by atoms with Crippen molar-refractivity contribution in [2.45, 2.75) is 13.8 Å². The molecular weight excluding hydrogens is 214 g/mol. The molecule has 3 N–H and O–H groups in total. The second-order valence-corrected chi connectivity index (χ2v) is 2.76. The van der Waals surface area contributed by atoms with E-state index < -0.39 is 11.9 Å². The maximum Gasteiger partial charge on any atom is 0.328 e. The minimum Gasteiger partial charge on any atom is -0.478 e. The Kier molecular flexibility index (Phi) is 12.4. The van der Waals surface area contributed by atoms with E-state index in [1.807, 2.05) is 0 Å². The van der Waals surface area contributed by atoms with Gasteiger partial charge in [0.25, 0.3) is 0 Å². The molecule has 0 atom stereocenters. The summed E-state index contributed by atoms with van der Waals surface area (Å²) < 4.78 is 0. The maximum atomic E-state index is 9.55. The number of aliphatic carboxylic acids is 2. The van der Waals surface area contributed by atoms with Gasteiger partial charge in [-0.15, -0.1) is 0 Å². The zero-order valence-electron chi connectivity index (χ0n) is 9.59. The first-order chi connectivity index (χ1) is 7.47. The molecule has 0 aromatic carbocycles. The first-order valence-electron chi connectivity index (χ1n) is 4.95. The normalized spacial score (nSPS) is 10.0. The second kappa shape index (κ2) is 11.7. The molecule has 0 bridgehead atoms. The van der Waals surface area contributed by atoms with Crippen LogP contribution in [0.3, 0.4) is 0 Å². The number of carboxylic acid groups (broad SMARTS) is 2. The molecule has 0 aromatic rings. The number of aliphatic hydroxyl groups is 1. The van der Waals surface area contributed by atoms with Gasteiger partial charge in [0.2, 0.25) is 0 Å². The van der Waals surface area contributed by atoms with Gasteiger partial charge >= 0.3 is 11.9 Å². The third-order valence-corrected chi connectivity index (χ3v) is 1.68. The van der Waals surface area contributed by atoms with Gasteiger partial charge in [0, 0.05) is 18.7 Å². The van der Waals surface area contributed by atoms with E-state index in [9.17, 15) is 9.59 Å². The van der Waals surface area contributed by atoms with E-state index >= 15 is 0 Å². The Morgan fingerprint density at radius 1 is 1.06 bits per heavy atom. The van der Waals surface area contributed by atoms with E-state index in [4.69, 9.17) is 15.3 Å². The van der Waals surface area contributed by atoms with Gasteiger partial charge in [-0.3, -0.25) is 0 Å². The Morgan fingerprint density at radius 3 is 1.56 bits per heavy atom. The molecule has 94 valence electrons. The predicted molar refractivity (Wildman–Crippen MR) is 59.3 cm³/mol. The molecule has 0 aliphatic carbocycles. The highest BCUT2D eigenvalue weighted by molar-refractivity contribution is 5.89. The highest BCUT2D eigenvalue weighted by Gasteiger charge is 1.93.